The molecule has 0 spiro atoms. The van der Waals surface area contributed by atoms with E-state index < -0.39 is 27.1 Å². The Bertz CT molecular complexity index is 1020. The van der Waals surface area contributed by atoms with E-state index >= 15 is 0 Å². The standard InChI is InChI=1S/C17H15ClN4O4S/c1-26-17(23)14-6-12(27(24,25)15-5-3-2-4-13(15)18)10-22(14)16-9-20-8-11(7-19)21-16/h2-5,8-9,12,14H,6,10H2,1H3/t12-,14?/m0/s1. The van der Waals surface area contributed by atoms with Crippen molar-refractivity contribution >= 4 is 33.2 Å². The first-order valence-electron chi connectivity index (χ1n) is 7.93. The minimum absolute atomic E-state index is 0.00309. The average Bonchev–Trinajstić information content (AvgIpc) is 3.14. The molecule has 1 unspecified atom stereocenters. The van der Waals surface area contributed by atoms with E-state index in [-0.39, 0.29) is 34.4 Å². The maximum absolute atomic E-state index is 13.1. The van der Waals surface area contributed by atoms with Crippen LogP contribution in [0.15, 0.2) is 41.6 Å². The van der Waals surface area contributed by atoms with Crippen molar-refractivity contribution in [3.8, 4) is 6.07 Å². The highest BCUT2D eigenvalue weighted by Crippen LogP contribution is 2.33. The first kappa shape index (κ1) is 19.1. The van der Waals surface area contributed by atoms with Crippen LogP contribution < -0.4 is 4.90 Å². The van der Waals surface area contributed by atoms with Crippen molar-refractivity contribution in [1.29, 1.82) is 5.26 Å². The Morgan fingerprint density at radius 2 is 2.11 bits per heavy atom. The van der Waals surface area contributed by atoms with Gasteiger partial charge in [0.25, 0.3) is 0 Å². The van der Waals surface area contributed by atoms with E-state index in [0.717, 1.165) is 0 Å². The number of esters is 1. The lowest BCUT2D eigenvalue weighted by Crippen LogP contribution is -2.37. The molecule has 140 valence electrons. The summed E-state index contributed by atoms with van der Waals surface area (Å²) >= 11 is 6.06. The summed E-state index contributed by atoms with van der Waals surface area (Å²) < 4.78 is 30.9. The molecule has 0 radical (unpaired) electrons. The van der Waals surface area contributed by atoms with Crippen LogP contribution in [0.25, 0.3) is 0 Å². The van der Waals surface area contributed by atoms with Gasteiger partial charge in [0.1, 0.15) is 17.9 Å². The number of carbonyl (C=O) groups excluding carboxylic acids is 1. The number of ether oxygens (including phenoxy) is 1. The molecular formula is C17H15ClN4O4S. The van der Waals surface area contributed by atoms with Gasteiger partial charge in [-0.3, -0.25) is 4.98 Å². The number of sulfone groups is 1. The van der Waals surface area contributed by atoms with Gasteiger partial charge >= 0.3 is 5.97 Å². The third-order valence-electron chi connectivity index (χ3n) is 4.35. The van der Waals surface area contributed by atoms with Gasteiger partial charge in [0.15, 0.2) is 15.5 Å². The van der Waals surface area contributed by atoms with Gasteiger partial charge < -0.3 is 9.64 Å². The smallest absolute Gasteiger partial charge is 0.328 e. The van der Waals surface area contributed by atoms with E-state index in [1.165, 1.54) is 36.5 Å². The van der Waals surface area contributed by atoms with E-state index in [1.54, 1.807) is 12.1 Å². The first-order valence-corrected chi connectivity index (χ1v) is 9.86. The Morgan fingerprint density at radius 3 is 2.78 bits per heavy atom. The molecule has 1 aromatic heterocycles. The van der Waals surface area contributed by atoms with Crippen molar-refractivity contribution in [2.45, 2.75) is 22.6 Å². The fourth-order valence-electron chi connectivity index (χ4n) is 3.04. The summed E-state index contributed by atoms with van der Waals surface area (Å²) in [5.74, 6) is -0.350. The molecule has 1 fully saturated rings. The van der Waals surface area contributed by atoms with E-state index in [1.807, 2.05) is 6.07 Å². The summed E-state index contributed by atoms with van der Waals surface area (Å²) in [4.78, 5) is 21.8. The normalized spacial score (nSPS) is 19.5. The Morgan fingerprint density at radius 1 is 1.37 bits per heavy atom. The molecule has 27 heavy (non-hydrogen) atoms. The molecule has 0 bridgehead atoms. The van der Waals surface area contributed by atoms with Crippen LogP contribution in [-0.2, 0) is 19.4 Å². The van der Waals surface area contributed by atoms with Crippen LogP contribution in [0.2, 0.25) is 5.02 Å². The Hall–Kier alpha value is -2.70. The highest BCUT2D eigenvalue weighted by molar-refractivity contribution is 7.92. The van der Waals surface area contributed by atoms with Crippen LogP contribution in [-0.4, -0.2) is 49.3 Å². The van der Waals surface area contributed by atoms with Crippen molar-refractivity contribution in [3.63, 3.8) is 0 Å². The third kappa shape index (κ3) is 3.59. The number of nitriles is 1. The van der Waals surface area contributed by atoms with Gasteiger partial charge in [-0.05, 0) is 18.6 Å². The Labute approximate surface area is 161 Å². The zero-order valence-corrected chi connectivity index (χ0v) is 15.8. The molecule has 1 aromatic carbocycles. The summed E-state index contributed by atoms with van der Waals surface area (Å²) in [6, 6.07) is 7.18. The molecular weight excluding hydrogens is 392 g/mol. The summed E-state index contributed by atoms with van der Waals surface area (Å²) in [7, 11) is -2.57. The molecule has 0 aliphatic carbocycles. The molecule has 1 saturated heterocycles. The van der Waals surface area contributed by atoms with E-state index in [0.29, 0.717) is 0 Å². The van der Waals surface area contributed by atoms with Crippen LogP contribution >= 0.6 is 11.6 Å². The predicted molar refractivity (Wildman–Crippen MR) is 96.9 cm³/mol. The van der Waals surface area contributed by atoms with Crippen LogP contribution in [0.3, 0.4) is 0 Å². The Balaban J connectivity index is 2.00. The van der Waals surface area contributed by atoms with Crippen LogP contribution in [0.1, 0.15) is 12.1 Å². The molecule has 0 saturated carbocycles. The van der Waals surface area contributed by atoms with E-state index in [4.69, 9.17) is 21.6 Å². The number of aromatic nitrogens is 2. The zero-order chi connectivity index (χ0) is 19.6. The predicted octanol–water partition coefficient (Wildman–Crippen LogP) is 1.60. The van der Waals surface area contributed by atoms with Gasteiger partial charge in [0, 0.05) is 6.54 Å². The number of anilines is 1. The molecule has 2 heterocycles. The first-order chi connectivity index (χ1) is 12.9. The molecule has 0 N–H and O–H groups in total. The molecule has 2 aromatic rings. The molecule has 3 rings (SSSR count). The molecule has 1 aliphatic rings. The summed E-state index contributed by atoms with van der Waals surface area (Å²) in [6.45, 7) is -0.00309. The van der Waals surface area contributed by atoms with Gasteiger partial charge in [0.05, 0.1) is 34.7 Å². The minimum Gasteiger partial charge on any atom is -0.467 e. The van der Waals surface area contributed by atoms with Crippen molar-refractivity contribution in [2.75, 3.05) is 18.6 Å². The highest BCUT2D eigenvalue weighted by Gasteiger charge is 2.45. The number of rotatable bonds is 4. The maximum atomic E-state index is 13.1. The molecule has 10 heteroatoms. The van der Waals surface area contributed by atoms with E-state index in [2.05, 4.69) is 9.97 Å². The molecule has 8 nitrogen and oxygen atoms in total. The summed E-state index contributed by atoms with van der Waals surface area (Å²) in [5, 5.41) is 8.24. The van der Waals surface area contributed by atoms with Crippen LogP contribution in [0.4, 0.5) is 5.82 Å². The fraction of sp³-hybridized carbons (Fsp3) is 0.294. The van der Waals surface area contributed by atoms with Gasteiger partial charge in [-0.25, -0.2) is 18.2 Å². The lowest BCUT2D eigenvalue weighted by molar-refractivity contribution is -0.141. The average molecular weight is 407 g/mol. The third-order valence-corrected chi connectivity index (χ3v) is 6.98. The number of halogens is 1. The second-order valence-electron chi connectivity index (χ2n) is 5.90. The summed E-state index contributed by atoms with van der Waals surface area (Å²) in [5.41, 5.74) is 0.0635. The lowest BCUT2D eigenvalue weighted by atomic mass is 10.2. The monoisotopic (exact) mass is 406 g/mol. The quantitative estimate of drug-likeness (QED) is 0.703. The van der Waals surface area contributed by atoms with Crippen LogP contribution in [0.5, 0.6) is 0 Å². The number of hydrogen-bond donors (Lipinski definition) is 0. The maximum Gasteiger partial charge on any atom is 0.328 e. The van der Waals surface area contributed by atoms with Gasteiger partial charge in [-0.2, -0.15) is 5.26 Å². The van der Waals surface area contributed by atoms with Crippen LogP contribution in [0, 0.1) is 11.3 Å². The van der Waals surface area contributed by atoms with Gasteiger partial charge in [-0.15, -0.1) is 0 Å². The number of methoxy groups -OCH3 is 1. The van der Waals surface area contributed by atoms with Crippen molar-refractivity contribution < 1.29 is 17.9 Å². The largest absolute Gasteiger partial charge is 0.467 e. The number of benzene rings is 1. The topological polar surface area (TPSA) is 113 Å². The number of carbonyl (C=O) groups is 1. The van der Waals surface area contributed by atoms with Gasteiger partial charge in [0.2, 0.25) is 0 Å². The lowest BCUT2D eigenvalue weighted by Gasteiger charge is -2.23. The number of nitrogens with zero attached hydrogens (tertiary/aromatic N) is 4. The highest BCUT2D eigenvalue weighted by atomic mass is 35.5. The fourth-order valence-corrected chi connectivity index (χ4v) is 5.26. The van der Waals surface area contributed by atoms with Gasteiger partial charge in [-0.1, -0.05) is 23.7 Å². The van der Waals surface area contributed by atoms with Crippen molar-refractivity contribution in [2.24, 2.45) is 0 Å². The minimum atomic E-state index is -3.80. The second kappa shape index (κ2) is 7.50. The van der Waals surface area contributed by atoms with Crippen molar-refractivity contribution in [3.05, 3.63) is 47.4 Å². The second-order valence-corrected chi connectivity index (χ2v) is 8.50. The zero-order valence-electron chi connectivity index (χ0n) is 14.2. The van der Waals surface area contributed by atoms with Crippen molar-refractivity contribution in [1.82, 2.24) is 9.97 Å². The SMILES string of the molecule is COC(=O)C1C[C@H](S(=O)(=O)c2ccccc2Cl)CN1c1cncc(C#N)n1. The van der Waals surface area contributed by atoms with E-state index in [9.17, 15) is 13.2 Å². The summed E-state index contributed by atoms with van der Waals surface area (Å²) in [6.07, 6.45) is 2.67. The number of hydrogen-bond acceptors (Lipinski definition) is 8. The Kier molecular flexibility index (Phi) is 5.30. The molecule has 1 aliphatic heterocycles. The molecule has 0 amide bonds. The molecule has 2 atom stereocenters.